The minimum atomic E-state index is 0.0465. The first-order chi connectivity index (χ1) is 7.72. The highest BCUT2D eigenvalue weighted by atomic mass is 16.5. The van der Waals surface area contributed by atoms with Crippen molar-refractivity contribution >= 4 is 0 Å². The molecule has 0 bridgehead atoms. The van der Waals surface area contributed by atoms with Crippen LogP contribution in [0, 0.1) is 6.92 Å². The largest absolute Gasteiger partial charge is 0.337 e. The molecule has 16 heavy (non-hydrogen) atoms. The van der Waals surface area contributed by atoms with Gasteiger partial charge in [0.1, 0.15) is 5.69 Å². The molecule has 0 aliphatic rings. The topological polar surface area (TPSA) is 63.8 Å². The Morgan fingerprint density at radius 2 is 2.25 bits per heavy atom. The van der Waals surface area contributed by atoms with Crippen LogP contribution in [0.5, 0.6) is 0 Å². The van der Waals surface area contributed by atoms with Crippen LogP contribution in [0.2, 0.25) is 0 Å². The van der Waals surface area contributed by atoms with Crippen molar-refractivity contribution in [2.45, 2.75) is 19.9 Å². The molecule has 1 atom stereocenters. The lowest BCUT2D eigenvalue weighted by molar-refractivity contribution is 0.347. The van der Waals surface area contributed by atoms with Crippen molar-refractivity contribution in [1.82, 2.24) is 20.4 Å². The van der Waals surface area contributed by atoms with E-state index in [0.29, 0.717) is 11.7 Å². The van der Waals surface area contributed by atoms with Crippen LogP contribution in [-0.4, -0.2) is 22.2 Å². The van der Waals surface area contributed by atoms with Crippen LogP contribution in [0.4, 0.5) is 0 Å². The van der Waals surface area contributed by atoms with Crippen LogP contribution in [0.3, 0.4) is 0 Å². The molecule has 1 unspecified atom stereocenters. The number of nitrogens with zero attached hydrogens (tertiary/aromatic N) is 3. The Bertz CT molecular complexity index is 480. The second kappa shape index (κ2) is 4.40. The predicted octanol–water partition coefficient (Wildman–Crippen LogP) is 1.72. The van der Waals surface area contributed by atoms with Crippen molar-refractivity contribution in [2.75, 3.05) is 7.05 Å². The molecule has 0 aliphatic carbocycles. The van der Waals surface area contributed by atoms with Gasteiger partial charge in [-0.15, -0.1) is 0 Å². The van der Waals surface area contributed by atoms with Gasteiger partial charge >= 0.3 is 0 Å². The summed E-state index contributed by atoms with van der Waals surface area (Å²) in [7, 11) is 1.85. The highest BCUT2D eigenvalue weighted by Gasteiger charge is 2.15. The van der Waals surface area contributed by atoms with E-state index in [-0.39, 0.29) is 6.04 Å². The van der Waals surface area contributed by atoms with E-state index in [1.165, 1.54) is 0 Å². The number of nitrogens with one attached hydrogen (secondary N) is 1. The van der Waals surface area contributed by atoms with Gasteiger partial charge in [-0.1, -0.05) is 11.2 Å². The summed E-state index contributed by atoms with van der Waals surface area (Å²) in [5.41, 5.74) is 1.80. The quantitative estimate of drug-likeness (QED) is 0.849. The Hall–Kier alpha value is -1.75. The van der Waals surface area contributed by atoms with Crippen molar-refractivity contribution in [3.8, 4) is 11.5 Å². The summed E-state index contributed by atoms with van der Waals surface area (Å²) in [6, 6.07) is 3.90. The molecular formula is C11H14N4O. The molecule has 1 N–H and O–H groups in total. The van der Waals surface area contributed by atoms with E-state index >= 15 is 0 Å². The fraction of sp³-hybridized carbons (Fsp3) is 0.364. The summed E-state index contributed by atoms with van der Waals surface area (Å²) in [5, 5.41) is 6.97. The van der Waals surface area contributed by atoms with Gasteiger partial charge in [0.2, 0.25) is 11.7 Å². The highest BCUT2D eigenvalue weighted by molar-refractivity contribution is 5.53. The van der Waals surface area contributed by atoms with Crippen LogP contribution in [-0.2, 0) is 0 Å². The first-order valence-electron chi connectivity index (χ1n) is 5.15. The Morgan fingerprint density at radius 3 is 2.94 bits per heavy atom. The molecule has 2 heterocycles. The average molecular weight is 218 g/mol. The molecule has 5 heteroatoms. The van der Waals surface area contributed by atoms with E-state index in [4.69, 9.17) is 4.52 Å². The smallest absolute Gasteiger partial charge is 0.243 e. The van der Waals surface area contributed by atoms with Crippen molar-refractivity contribution in [3.63, 3.8) is 0 Å². The molecule has 0 aromatic carbocycles. The van der Waals surface area contributed by atoms with Crippen LogP contribution < -0.4 is 5.32 Å². The second-order valence-electron chi connectivity index (χ2n) is 3.64. The van der Waals surface area contributed by atoms with Crippen molar-refractivity contribution < 1.29 is 4.52 Å². The normalized spacial score (nSPS) is 12.7. The van der Waals surface area contributed by atoms with E-state index in [0.717, 1.165) is 11.3 Å². The summed E-state index contributed by atoms with van der Waals surface area (Å²) in [6.45, 7) is 3.93. The van der Waals surface area contributed by atoms with Gasteiger partial charge < -0.3 is 9.84 Å². The van der Waals surface area contributed by atoms with E-state index in [9.17, 15) is 0 Å². The summed E-state index contributed by atoms with van der Waals surface area (Å²) in [6.07, 6.45) is 1.72. The van der Waals surface area contributed by atoms with E-state index < -0.39 is 0 Å². The Labute approximate surface area is 93.9 Å². The number of hydrogen-bond donors (Lipinski definition) is 1. The van der Waals surface area contributed by atoms with Gasteiger partial charge in [0.05, 0.1) is 6.04 Å². The molecule has 0 fully saturated rings. The molecule has 2 aromatic rings. The lowest BCUT2D eigenvalue weighted by Gasteiger charge is -2.01. The molecule has 0 radical (unpaired) electrons. The molecule has 84 valence electrons. The molecule has 0 saturated heterocycles. The van der Waals surface area contributed by atoms with Crippen molar-refractivity contribution in [2.24, 2.45) is 0 Å². The molecule has 0 spiro atoms. The fourth-order valence-electron chi connectivity index (χ4n) is 1.35. The third-order valence-corrected chi connectivity index (χ3v) is 2.47. The molecule has 0 amide bonds. The maximum Gasteiger partial charge on any atom is 0.243 e. The molecule has 0 aliphatic heterocycles. The Kier molecular flexibility index (Phi) is 2.96. The Morgan fingerprint density at radius 1 is 1.44 bits per heavy atom. The number of pyridine rings is 1. The number of aromatic nitrogens is 3. The molecule has 2 rings (SSSR count). The van der Waals surface area contributed by atoms with Crippen LogP contribution >= 0.6 is 0 Å². The van der Waals surface area contributed by atoms with E-state index in [1.807, 2.05) is 33.0 Å². The molecular weight excluding hydrogens is 204 g/mol. The monoisotopic (exact) mass is 218 g/mol. The van der Waals surface area contributed by atoms with Crippen LogP contribution in [0.25, 0.3) is 11.5 Å². The van der Waals surface area contributed by atoms with Crippen LogP contribution in [0.15, 0.2) is 22.9 Å². The van der Waals surface area contributed by atoms with Gasteiger partial charge in [0.15, 0.2) is 0 Å². The third-order valence-electron chi connectivity index (χ3n) is 2.47. The van der Waals surface area contributed by atoms with Gasteiger partial charge in [-0.2, -0.15) is 4.98 Å². The second-order valence-corrected chi connectivity index (χ2v) is 3.64. The fourth-order valence-corrected chi connectivity index (χ4v) is 1.35. The Balaban J connectivity index is 2.35. The van der Waals surface area contributed by atoms with Gasteiger partial charge in [0.25, 0.3) is 0 Å². The minimum Gasteiger partial charge on any atom is -0.337 e. The number of hydrogen-bond acceptors (Lipinski definition) is 5. The summed E-state index contributed by atoms with van der Waals surface area (Å²) < 4.78 is 5.16. The predicted molar refractivity (Wildman–Crippen MR) is 59.7 cm³/mol. The van der Waals surface area contributed by atoms with E-state index in [2.05, 4.69) is 20.4 Å². The summed E-state index contributed by atoms with van der Waals surface area (Å²) in [4.78, 5) is 8.55. The maximum atomic E-state index is 5.16. The summed E-state index contributed by atoms with van der Waals surface area (Å²) >= 11 is 0. The average Bonchev–Trinajstić information content (AvgIpc) is 2.78. The standard InChI is InChI=1S/C11H14N4O/c1-7-5-4-6-13-9(7)10-14-11(16-15-10)8(2)12-3/h4-6,8,12H,1-3H3. The van der Waals surface area contributed by atoms with Crippen molar-refractivity contribution in [1.29, 1.82) is 0 Å². The lowest BCUT2D eigenvalue weighted by Crippen LogP contribution is -2.12. The first kappa shape index (κ1) is 10.8. The molecule has 0 saturated carbocycles. The minimum absolute atomic E-state index is 0.0465. The van der Waals surface area contributed by atoms with Gasteiger partial charge in [0, 0.05) is 6.20 Å². The number of aryl methyl sites for hydroxylation is 1. The van der Waals surface area contributed by atoms with Gasteiger partial charge in [-0.05, 0) is 32.5 Å². The number of rotatable bonds is 3. The SMILES string of the molecule is CNC(C)c1nc(-c2ncccc2C)no1. The lowest BCUT2D eigenvalue weighted by atomic mass is 10.2. The van der Waals surface area contributed by atoms with E-state index in [1.54, 1.807) is 6.20 Å². The first-order valence-corrected chi connectivity index (χ1v) is 5.15. The zero-order chi connectivity index (χ0) is 11.5. The van der Waals surface area contributed by atoms with Gasteiger partial charge in [-0.25, -0.2) is 0 Å². The summed E-state index contributed by atoms with van der Waals surface area (Å²) in [5.74, 6) is 1.11. The van der Waals surface area contributed by atoms with Crippen LogP contribution in [0.1, 0.15) is 24.4 Å². The van der Waals surface area contributed by atoms with Crippen molar-refractivity contribution in [3.05, 3.63) is 29.8 Å². The third kappa shape index (κ3) is 1.94. The molecule has 2 aromatic heterocycles. The zero-order valence-electron chi connectivity index (χ0n) is 9.56. The highest BCUT2D eigenvalue weighted by Crippen LogP contribution is 2.19. The molecule has 5 nitrogen and oxygen atoms in total. The van der Waals surface area contributed by atoms with Gasteiger partial charge in [-0.3, -0.25) is 4.98 Å². The maximum absolute atomic E-state index is 5.16. The zero-order valence-corrected chi connectivity index (χ0v) is 9.56.